The number of urea groups is 1. The molecular formula is C18H20F3N5O2S. The molecule has 156 valence electrons. The number of anilines is 1. The van der Waals surface area contributed by atoms with Gasteiger partial charge in [-0.05, 0) is 25.5 Å². The lowest BCUT2D eigenvalue weighted by molar-refractivity contribution is -0.135. The summed E-state index contributed by atoms with van der Waals surface area (Å²) in [5, 5.41) is 3.14. The van der Waals surface area contributed by atoms with Crippen LogP contribution in [-0.4, -0.2) is 52.6 Å². The molecule has 3 rings (SSSR count). The molecule has 2 aromatic rings. The van der Waals surface area contributed by atoms with Crippen molar-refractivity contribution < 1.29 is 22.8 Å². The molecule has 0 spiro atoms. The molecule has 0 bridgehead atoms. The number of thiazole rings is 1. The van der Waals surface area contributed by atoms with Gasteiger partial charge < -0.3 is 10.2 Å². The Kier molecular flexibility index (Phi) is 6.36. The van der Waals surface area contributed by atoms with E-state index in [1.165, 1.54) is 9.80 Å². The van der Waals surface area contributed by atoms with Gasteiger partial charge in [-0.2, -0.15) is 13.2 Å². The van der Waals surface area contributed by atoms with Crippen molar-refractivity contribution in [2.24, 2.45) is 0 Å². The second-order valence-corrected chi connectivity index (χ2v) is 7.53. The van der Waals surface area contributed by atoms with E-state index in [1.54, 1.807) is 25.3 Å². The average Bonchev–Trinajstić information content (AvgIpc) is 3.22. The SMILES string of the molecule is Cc1nc(N2CCN(CCCC(F)(F)F)C2=O)sc1C(=O)NCc1ccccn1. The van der Waals surface area contributed by atoms with E-state index in [0.717, 1.165) is 11.3 Å². The van der Waals surface area contributed by atoms with Crippen LogP contribution >= 0.6 is 11.3 Å². The van der Waals surface area contributed by atoms with E-state index in [-0.39, 0.29) is 31.4 Å². The van der Waals surface area contributed by atoms with Gasteiger partial charge in [-0.15, -0.1) is 0 Å². The minimum atomic E-state index is -4.23. The minimum Gasteiger partial charge on any atom is -0.346 e. The molecule has 3 amide bonds. The van der Waals surface area contributed by atoms with Crippen molar-refractivity contribution in [3.8, 4) is 0 Å². The number of alkyl halides is 3. The highest BCUT2D eigenvalue weighted by Crippen LogP contribution is 2.29. The summed E-state index contributed by atoms with van der Waals surface area (Å²) in [5.74, 6) is -0.314. The number of pyridine rings is 1. The van der Waals surface area contributed by atoms with Gasteiger partial charge in [0.1, 0.15) is 4.88 Å². The first-order valence-corrected chi connectivity index (χ1v) is 9.85. The van der Waals surface area contributed by atoms with E-state index in [4.69, 9.17) is 0 Å². The molecule has 0 aliphatic carbocycles. The summed E-state index contributed by atoms with van der Waals surface area (Å²) >= 11 is 1.09. The Balaban J connectivity index is 1.59. The van der Waals surface area contributed by atoms with E-state index in [2.05, 4.69) is 15.3 Å². The maximum Gasteiger partial charge on any atom is 0.389 e. The maximum absolute atomic E-state index is 12.5. The van der Waals surface area contributed by atoms with Gasteiger partial charge in [0.2, 0.25) is 0 Å². The Morgan fingerprint density at radius 3 is 2.79 bits per heavy atom. The standard InChI is InChI=1S/C18H20F3N5O2S/c1-12-14(15(27)23-11-13-5-2-3-7-22-13)29-16(24-12)26-10-9-25(17(26)28)8-4-6-18(19,20)21/h2-3,5,7H,4,6,8-11H2,1H3,(H,23,27). The van der Waals surface area contributed by atoms with Crippen LogP contribution in [0.25, 0.3) is 0 Å². The second-order valence-electron chi connectivity index (χ2n) is 6.55. The van der Waals surface area contributed by atoms with Gasteiger partial charge in [-0.25, -0.2) is 9.78 Å². The van der Waals surface area contributed by atoms with Crippen LogP contribution < -0.4 is 10.2 Å². The number of aryl methyl sites for hydroxylation is 1. The van der Waals surface area contributed by atoms with Crippen molar-refractivity contribution in [2.45, 2.75) is 32.5 Å². The number of nitrogens with zero attached hydrogens (tertiary/aromatic N) is 4. The average molecular weight is 427 g/mol. The predicted molar refractivity (Wildman–Crippen MR) is 102 cm³/mol. The number of aromatic nitrogens is 2. The molecule has 0 unspecified atom stereocenters. The van der Waals surface area contributed by atoms with E-state index in [1.807, 2.05) is 6.07 Å². The third kappa shape index (κ3) is 5.43. The van der Waals surface area contributed by atoms with Crippen LogP contribution in [-0.2, 0) is 6.54 Å². The summed E-state index contributed by atoms with van der Waals surface area (Å²) in [5.41, 5.74) is 1.21. The van der Waals surface area contributed by atoms with Crippen molar-refractivity contribution in [1.82, 2.24) is 20.2 Å². The van der Waals surface area contributed by atoms with Crippen LogP contribution in [0.3, 0.4) is 0 Å². The number of amides is 3. The summed E-state index contributed by atoms with van der Waals surface area (Å²) in [6.07, 6.45) is -3.65. The topological polar surface area (TPSA) is 78.4 Å². The van der Waals surface area contributed by atoms with Crippen LogP contribution in [0, 0.1) is 6.92 Å². The summed E-state index contributed by atoms with van der Waals surface area (Å²) in [4.78, 5) is 36.6. The smallest absolute Gasteiger partial charge is 0.346 e. The van der Waals surface area contributed by atoms with Gasteiger partial charge in [0.05, 0.1) is 17.9 Å². The minimum absolute atomic E-state index is 0.0383. The molecule has 1 saturated heterocycles. The van der Waals surface area contributed by atoms with E-state index in [0.29, 0.717) is 34.5 Å². The zero-order chi connectivity index (χ0) is 21.0. The van der Waals surface area contributed by atoms with Gasteiger partial charge in [0, 0.05) is 32.3 Å². The lowest BCUT2D eigenvalue weighted by Gasteiger charge is -2.17. The molecule has 1 aliphatic rings. The van der Waals surface area contributed by atoms with Gasteiger partial charge in [-0.3, -0.25) is 14.7 Å². The zero-order valence-corrected chi connectivity index (χ0v) is 16.5. The van der Waals surface area contributed by atoms with Gasteiger partial charge >= 0.3 is 12.2 Å². The molecular weight excluding hydrogens is 407 g/mol. The number of rotatable bonds is 7. The fourth-order valence-corrected chi connectivity index (χ4v) is 3.90. The van der Waals surface area contributed by atoms with Crippen molar-refractivity contribution in [3.63, 3.8) is 0 Å². The highest BCUT2D eigenvalue weighted by molar-refractivity contribution is 7.17. The lowest BCUT2D eigenvalue weighted by atomic mass is 10.3. The summed E-state index contributed by atoms with van der Waals surface area (Å²) < 4.78 is 36.9. The summed E-state index contributed by atoms with van der Waals surface area (Å²) in [6.45, 7) is 2.64. The molecule has 29 heavy (non-hydrogen) atoms. The van der Waals surface area contributed by atoms with Crippen LogP contribution in [0.15, 0.2) is 24.4 Å². The third-order valence-electron chi connectivity index (χ3n) is 4.36. The fourth-order valence-electron chi connectivity index (χ4n) is 2.90. The van der Waals surface area contributed by atoms with Crippen LogP contribution in [0.1, 0.15) is 33.9 Å². The monoisotopic (exact) mass is 427 g/mol. The number of nitrogens with one attached hydrogen (secondary N) is 1. The molecule has 7 nitrogen and oxygen atoms in total. The highest BCUT2D eigenvalue weighted by Gasteiger charge is 2.33. The molecule has 1 fully saturated rings. The molecule has 0 aromatic carbocycles. The summed E-state index contributed by atoms with van der Waals surface area (Å²) in [7, 11) is 0. The van der Waals surface area contributed by atoms with Crippen LogP contribution in [0.5, 0.6) is 0 Å². The third-order valence-corrected chi connectivity index (χ3v) is 5.54. The largest absolute Gasteiger partial charge is 0.389 e. The van der Waals surface area contributed by atoms with Gasteiger partial charge in [0.25, 0.3) is 5.91 Å². The highest BCUT2D eigenvalue weighted by atomic mass is 32.1. The van der Waals surface area contributed by atoms with E-state index in [9.17, 15) is 22.8 Å². The van der Waals surface area contributed by atoms with Crippen molar-refractivity contribution in [3.05, 3.63) is 40.7 Å². The Hall–Kier alpha value is -2.69. The summed E-state index contributed by atoms with van der Waals surface area (Å²) in [6, 6.07) is 5.01. The Morgan fingerprint density at radius 1 is 1.31 bits per heavy atom. The Labute approximate surface area is 169 Å². The molecule has 2 aromatic heterocycles. The van der Waals surface area contributed by atoms with E-state index >= 15 is 0 Å². The number of hydrogen-bond donors (Lipinski definition) is 1. The van der Waals surface area contributed by atoms with Crippen molar-refractivity contribution in [2.75, 3.05) is 24.5 Å². The second kappa shape index (κ2) is 8.76. The number of halogens is 3. The fraction of sp³-hybridized carbons (Fsp3) is 0.444. The zero-order valence-electron chi connectivity index (χ0n) is 15.7. The molecule has 1 N–H and O–H groups in total. The Morgan fingerprint density at radius 2 is 2.10 bits per heavy atom. The number of carbonyl (C=O) groups excluding carboxylic acids is 2. The first-order valence-electron chi connectivity index (χ1n) is 9.03. The maximum atomic E-state index is 12.5. The first-order chi connectivity index (χ1) is 13.7. The molecule has 11 heteroatoms. The quantitative estimate of drug-likeness (QED) is 0.735. The van der Waals surface area contributed by atoms with Crippen LogP contribution in [0.4, 0.5) is 23.1 Å². The number of hydrogen-bond acceptors (Lipinski definition) is 5. The normalized spacial score (nSPS) is 14.6. The molecule has 1 aliphatic heterocycles. The predicted octanol–water partition coefficient (Wildman–Crippen LogP) is 3.36. The molecule has 0 atom stereocenters. The Bertz CT molecular complexity index is 872. The van der Waals surface area contributed by atoms with Gasteiger partial charge in [0.15, 0.2) is 5.13 Å². The molecule has 0 radical (unpaired) electrons. The first kappa shape index (κ1) is 21.0. The van der Waals surface area contributed by atoms with Crippen LogP contribution in [0.2, 0.25) is 0 Å². The lowest BCUT2D eigenvalue weighted by Crippen LogP contribution is -2.32. The van der Waals surface area contributed by atoms with Crippen molar-refractivity contribution in [1.29, 1.82) is 0 Å². The van der Waals surface area contributed by atoms with Crippen molar-refractivity contribution >= 4 is 28.4 Å². The number of carbonyl (C=O) groups is 2. The molecule has 0 saturated carbocycles. The van der Waals surface area contributed by atoms with E-state index < -0.39 is 12.6 Å². The molecule has 3 heterocycles. The van der Waals surface area contributed by atoms with Gasteiger partial charge in [-0.1, -0.05) is 17.4 Å².